The molecule has 3 rings (SSSR count). The molecule has 1 aliphatic heterocycles. The molecule has 5 nitrogen and oxygen atoms in total. The Morgan fingerprint density at radius 3 is 2.86 bits per heavy atom. The number of carbonyl (C=O) groups excluding carboxylic acids is 1. The van der Waals surface area contributed by atoms with E-state index in [1.807, 2.05) is 31.2 Å². The molecule has 0 aromatic heterocycles. The van der Waals surface area contributed by atoms with Gasteiger partial charge in [0.1, 0.15) is 12.4 Å². The zero-order chi connectivity index (χ0) is 15.4. The fourth-order valence-corrected chi connectivity index (χ4v) is 2.18. The second kappa shape index (κ2) is 6.39. The molecule has 0 spiro atoms. The summed E-state index contributed by atoms with van der Waals surface area (Å²) in [6, 6.07) is 12.9. The van der Waals surface area contributed by atoms with E-state index in [1.165, 1.54) is 0 Å². The number of benzene rings is 2. The van der Waals surface area contributed by atoms with Crippen molar-refractivity contribution in [3.05, 3.63) is 53.6 Å². The highest BCUT2D eigenvalue weighted by Gasteiger charge is 2.15. The largest absolute Gasteiger partial charge is 0.491 e. The summed E-state index contributed by atoms with van der Waals surface area (Å²) < 4.78 is 16.1. The smallest absolute Gasteiger partial charge is 0.251 e. The van der Waals surface area contributed by atoms with Crippen molar-refractivity contribution in [2.45, 2.75) is 6.92 Å². The van der Waals surface area contributed by atoms with Crippen LogP contribution < -0.4 is 19.5 Å². The number of nitrogens with one attached hydrogen (secondary N) is 1. The third-order valence-electron chi connectivity index (χ3n) is 3.37. The zero-order valence-corrected chi connectivity index (χ0v) is 12.3. The Morgan fingerprint density at radius 2 is 2.00 bits per heavy atom. The molecule has 114 valence electrons. The van der Waals surface area contributed by atoms with E-state index in [0.29, 0.717) is 30.2 Å². The van der Waals surface area contributed by atoms with E-state index in [2.05, 4.69) is 5.32 Å². The van der Waals surface area contributed by atoms with Crippen molar-refractivity contribution in [2.75, 3.05) is 19.9 Å². The van der Waals surface area contributed by atoms with Gasteiger partial charge in [0.2, 0.25) is 6.79 Å². The first-order chi connectivity index (χ1) is 10.7. The number of hydrogen-bond donors (Lipinski definition) is 1. The van der Waals surface area contributed by atoms with E-state index in [0.717, 1.165) is 11.3 Å². The maximum Gasteiger partial charge on any atom is 0.251 e. The molecule has 0 aliphatic carbocycles. The molecule has 0 unspecified atom stereocenters. The van der Waals surface area contributed by atoms with Gasteiger partial charge in [0, 0.05) is 5.56 Å². The molecule has 0 saturated carbocycles. The Morgan fingerprint density at radius 1 is 1.18 bits per heavy atom. The van der Waals surface area contributed by atoms with E-state index >= 15 is 0 Å². The minimum Gasteiger partial charge on any atom is -0.491 e. The van der Waals surface area contributed by atoms with Crippen molar-refractivity contribution in [3.63, 3.8) is 0 Å². The van der Waals surface area contributed by atoms with Crippen molar-refractivity contribution in [2.24, 2.45) is 0 Å². The number of para-hydroxylation sites is 1. The summed E-state index contributed by atoms with van der Waals surface area (Å²) in [5, 5.41) is 2.82. The van der Waals surface area contributed by atoms with Crippen molar-refractivity contribution < 1.29 is 19.0 Å². The number of amides is 1. The molecular weight excluding hydrogens is 282 g/mol. The summed E-state index contributed by atoms with van der Waals surface area (Å²) in [5.41, 5.74) is 1.62. The maximum atomic E-state index is 12.1. The molecule has 1 aliphatic rings. The Kier molecular flexibility index (Phi) is 4.14. The lowest BCUT2D eigenvalue weighted by Gasteiger charge is -2.10. The van der Waals surface area contributed by atoms with Gasteiger partial charge >= 0.3 is 0 Å². The molecule has 2 aromatic rings. The molecule has 1 amide bonds. The second-order valence-electron chi connectivity index (χ2n) is 4.94. The summed E-state index contributed by atoms with van der Waals surface area (Å²) in [6.45, 7) is 3.04. The molecule has 22 heavy (non-hydrogen) atoms. The van der Waals surface area contributed by atoms with Gasteiger partial charge in [0.05, 0.1) is 6.54 Å². The van der Waals surface area contributed by atoms with Crippen molar-refractivity contribution in [1.82, 2.24) is 5.32 Å². The zero-order valence-electron chi connectivity index (χ0n) is 12.3. The molecular formula is C17H17NO4. The van der Waals surface area contributed by atoms with Crippen LogP contribution in [0.4, 0.5) is 0 Å². The molecule has 0 bridgehead atoms. The number of hydrogen-bond acceptors (Lipinski definition) is 4. The van der Waals surface area contributed by atoms with Crippen LogP contribution in [0, 0.1) is 6.92 Å². The summed E-state index contributed by atoms with van der Waals surface area (Å²) in [5.74, 6) is 1.94. The van der Waals surface area contributed by atoms with Crippen LogP contribution in [0.5, 0.6) is 17.2 Å². The molecule has 1 heterocycles. The molecule has 0 atom stereocenters. The Labute approximate surface area is 128 Å². The number of carbonyl (C=O) groups is 1. The normalized spacial score (nSPS) is 12.0. The van der Waals surface area contributed by atoms with E-state index in [-0.39, 0.29) is 12.7 Å². The SMILES string of the molecule is Cc1ccccc1OCCNC(=O)c1ccc2c(c1)OCO2. The van der Waals surface area contributed by atoms with E-state index in [9.17, 15) is 4.79 Å². The van der Waals surface area contributed by atoms with Crippen molar-refractivity contribution >= 4 is 5.91 Å². The van der Waals surface area contributed by atoms with Gasteiger partial charge in [-0.05, 0) is 36.8 Å². The Balaban J connectivity index is 1.49. The first-order valence-electron chi connectivity index (χ1n) is 7.10. The van der Waals surface area contributed by atoms with Crippen LogP contribution in [-0.2, 0) is 0 Å². The molecule has 2 aromatic carbocycles. The Hall–Kier alpha value is -2.69. The number of fused-ring (bicyclic) bond motifs is 1. The molecule has 1 N–H and O–H groups in total. The van der Waals surface area contributed by atoms with Gasteiger partial charge < -0.3 is 19.5 Å². The van der Waals surface area contributed by atoms with Gasteiger partial charge in [-0.2, -0.15) is 0 Å². The van der Waals surface area contributed by atoms with E-state index in [4.69, 9.17) is 14.2 Å². The Bertz CT molecular complexity index is 684. The average molecular weight is 299 g/mol. The first kappa shape index (κ1) is 14.3. The molecule has 5 heteroatoms. The number of aryl methyl sites for hydroxylation is 1. The lowest BCUT2D eigenvalue weighted by atomic mass is 10.2. The van der Waals surface area contributed by atoms with Crippen LogP contribution in [0.15, 0.2) is 42.5 Å². The van der Waals surface area contributed by atoms with Crippen LogP contribution in [0.3, 0.4) is 0 Å². The highest BCUT2D eigenvalue weighted by molar-refractivity contribution is 5.94. The predicted octanol–water partition coefficient (Wildman–Crippen LogP) is 2.53. The van der Waals surface area contributed by atoms with Crippen LogP contribution in [0.1, 0.15) is 15.9 Å². The van der Waals surface area contributed by atoms with Crippen molar-refractivity contribution in [1.29, 1.82) is 0 Å². The van der Waals surface area contributed by atoms with Crippen LogP contribution >= 0.6 is 0 Å². The van der Waals surface area contributed by atoms with Gasteiger partial charge in [-0.15, -0.1) is 0 Å². The minimum atomic E-state index is -0.160. The first-order valence-corrected chi connectivity index (χ1v) is 7.10. The summed E-state index contributed by atoms with van der Waals surface area (Å²) in [4.78, 5) is 12.1. The standard InChI is InChI=1S/C17H17NO4/c1-12-4-2-3-5-14(12)20-9-8-18-17(19)13-6-7-15-16(10-13)22-11-21-15/h2-7,10H,8-9,11H2,1H3,(H,18,19). The van der Waals surface area contributed by atoms with Gasteiger partial charge in [0.15, 0.2) is 11.5 Å². The summed E-state index contributed by atoms with van der Waals surface area (Å²) >= 11 is 0. The lowest BCUT2D eigenvalue weighted by molar-refractivity contribution is 0.0946. The maximum absolute atomic E-state index is 12.1. The minimum absolute atomic E-state index is 0.160. The number of ether oxygens (including phenoxy) is 3. The van der Waals surface area contributed by atoms with Crippen LogP contribution in [-0.4, -0.2) is 25.9 Å². The quantitative estimate of drug-likeness (QED) is 0.862. The van der Waals surface area contributed by atoms with Crippen LogP contribution in [0.25, 0.3) is 0 Å². The fraction of sp³-hybridized carbons (Fsp3) is 0.235. The van der Waals surface area contributed by atoms with E-state index in [1.54, 1.807) is 18.2 Å². The van der Waals surface area contributed by atoms with Crippen LogP contribution in [0.2, 0.25) is 0 Å². The van der Waals surface area contributed by atoms with Gasteiger partial charge in [-0.1, -0.05) is 18.2 Å². The van der Waals surface area contributed by atoms with Crippen molar-refractivity contribution in [3.8, 4) is 17.2 Å². The average Bonchev–Trinajstić information content (AvgIpc) is 3.00. The second-order valence-corrected chi connectivity index (χ2v) is 4.94. The van der Waals surface area contributed by atoms with Gasteiger partial charge in [0.25, 0.3) is 5.91 Å². The molecule has 0 radical (unpaired) electrons. The highest BCUT2D eigenvalue weighted by Crippen LogP contribution is 2.32. The molecule has 0 saturated heterocycles. The molecule has 0 fully saturated rings. The third kappa shape index (κ3) is 3.14. The summed E-state index contributed by atoms with van der Waals surface area (Å²) in [7, 11) is 0. The van der Waals surface area contributed by atoms with E-state index < -0.39 is 0 Å². The topological polar surface area (TPSA) is 56.8 Å². The fourth-order valence-electron chi connectivity index (χ4n) is 2.18. The third-order valence-corrected chi connectivity index (χ3v) is 3.37. The van der Waals surface area contributed by atoms with Gasteiger partial charge in [-0.25, -0.2) is 0 Å². The number of rotatable bonds is 5. The monoisotopic (exact) mass is 299 g/mol. The highest BCUT2D eigenvalue weighted by atomic mass is 16.7. The predicted molar refractivity (Wildman–Crippen MR) is 81.6 cm³/mol. The lowest BCUT2D eigenvalue weighted by Crippen LogP contribution is -2.28. The summed E-state index contributed by atoms with van der Waals surface area (Å²) in [6.07, 6.45) is 0. The van der Waals surface area contributed by atoms with Gasteiger partial charge in [-0.3, -0.25) is 4.79 Å².